The Kier molecular flexibility index (Phi) is 5.42. The summed E-state index contributed by atoms with van der Waals surface area (Å²) in [6.07, 6.45) is 3.60. The van der Waals surface area contributed by atoms with Gasteiger partial charge in [0.25, 0.3) is 10.2 Å². The van der Waals surface area contributed by atoms with Gasteiger partial charge in [-0.25, -0.2) is 0 Å². The molecular formula is C13H27N3O3S. The summed E-state index contributed by atoms with van der Waals surface area (Å²) in [5, 5.41) is 9.43. The van der Waals surface area contributed by atoms with E-state index in [1.807, 2.05) is 0 Å². The summed E-state index contributed by atoms with van der Waals surface area (Å²) in [4.78, 5) is 2.23. The molecular weight excluding hydrogens is 278 g/mol. The van der Waals surface area contributed by atoms with E-state index in [2.05, 4.69) is 18.9 Å². The quantitative estimate of drug-likeness (QED) is 0.800. The van der Waals surface area contributed by atoms with Gasteiger partial charge in [0.05, 0.1) is 6.61 Å². The first-order chi connectivity index (χ1) is 9.50. The number of aliphatic hydroxyl groups excluding tert-OH is 1. The number of piperazine rings is 1. The third-order valence-electron chi connectivity index (χ3n) is 4.62. The summed E-state index contributed by atoms with van der Waals surface area (Å²) < 4.78 is 28.7. The van der Waals surface area contributed by atoms with Crippen LogP contribution in [0.15, 0.2) is 0 Å². The first-order valence-electron chi connectivity index (χ1n) is 7.58. The van der Waals surface area contributed by atoms with Crippen LogP contribution < -0.4 is 0 Å². The van der Waals surface area contributed by atoms with Crippen LogP contribution in [0.5, 0.6) is 0 Å². The molecule has 2 fully saturated rings. The van der Waals surface area contributed by atoms with Crippen molar-refractivity contribution in [3.8, 4) is 0 Å². The fraction of sp³-hybridized carbons (Fsp3) is 1.00. The maximum Gasteiger partial charge on any atom is 0.282 e. The molecule has 0 saturated carbocycles. The molecule has 0 amide bonds. The zero-order valence-corrected chi connectivity index (χ0v) is 13.3. The van der Waals surface area contributed by atoms with E-state index >= 15 is 0 Å². The van der Waals surface area contributed by atoms with Gasteiger partial charge in [-0.05, 0) is 26.3 Å². The van der Waals surface area contributed by atoms with E-state index in [4.69, 9.17) is 0 Å². The summed E-state index contributed by atoms with van der Waals surface area (Å²) in [6.45, 7) is 4.43. The van der Waals surface area contributed by atoms with Gasteiger partial charge in [0.1, 0.15) is 0 Å². The van der Waals surface area contributed by atoms with E-state index < -0.39 is 10.2 Å². The number of aliphatic hydroxyl groups is 1. The summed E-state index contributed by atoms with van der Waals surface area (Å²) in [6, 6.07) is 0.0457. The molecule has 0 aliphatic carbocycles. The largest absolute Gasteiger partial charge is 0.395 e. The van der Waals surface area contributed by atoms with Crippen LogP contribution in [0.25, 0.3) is 0 Å². The minimum Gasteiger partial charge on any atom is -0.395 e. The highest BCUT2D eigenvalue weighted by Gasteiger charge is 2.38. The van der Waals surface area contributed by atoms with Crippen LogP contribution >= 0.6 is 0 Å². The number of likely N-dealkylation sites (N-methyl/N-ethyl adjacent to an activating group) is 1. The highest BCUT2D eigenvalue weighted by molar-refractivity contribution is 7.86. The van der Waals surface area contributed by atoms with Gasteiger partial charge in [-0.15, -0.1) is 0 Å². The molecule has 7 heteroatoms. The maximum atomic E-state index is 12.8. The van der Waals surface area contributed by atoms with Crippen LogP contribution in [-0.2, 0) is 10.2 Å². The second-order valence-electron chi connectivity index (χ2n) is 5.85. The van der Waals surface area contributed by atoms with Crippen molar-refractivity contribution < 1.29 is 13.5 Å². The van der Waals surface area contributed by atoms with Crippen molar-refractivity contribution in [1.82, 2.24) is 13.5 Å². The summed E-state index contributed by atoms with van der Waals surface area (Å²) in [7, 11) is -1.38. The molecule has 0 aromatic rings. The van der Waals surface area contributed by atoms with E-state index in [9.17, 15) is 13.5 Å². The summed E-state index contributed by atoms with van der Waals surface area (Å²) in [5.41, 5.74) is 0. The standard InChI is InChI=1S/C13H27N3O3S/c1-3-12-10-15(9-8-14(12)2)20(18,19)16-7-5-4-6-13(16)11-17/h12-13,17H,3-11H2,1-2H3. The molecule has 2 aliphatic rings. The number of piperidine rings is 1. The van der Waals surface area contributed by atoms with Gasteiger partial charge in [-0.1, -0.05) is 13.3 Å². The Morgan fingerprint density at radius 1 is 1.15 bits per heavy atom. The lowest BCUT2D eigenvalue weighted by Crippen LogP contribution is -2.58. The minimum atomic E-state index is -3.43. The third-order valence-corrected chi connectivity index (χ3v) is 6.68. The molecule has 0 spiro atoms. The Morgan fingerprint density at radius 3 is 2.55 bits per heavy atom. The topological polar surface area (TPSA) is 64.1 Å². The predicted octanol–water partition coefficient (Wildman–Crippen LogP) is 0.104. The van der Waals surface area contributed by atoms with Crippen LogP contribution in [-0.4, -0.2) is 79.0 Å². The maximum absolute atomic E-state index is 12.8. The molecule has 1 N–H and O–H groups in total. The van der Waals surface area contributed by atoms with Gasteiger partial charge in [0, 0.05) is 38.3 Å². The van der Waals surface area contributed by atoms with Crippen molar-refractivity contribution in [3.63, 3.8) is 0 Å². The van der Waals surface area contributed by atoms with Crippen molar-refractivity contribution >= 4 is 10.2 Å². The van der Waals surface area contributed by atoms with Crippen LogP contribution in [0, 0.1) is 0 Å². The minimum absolute atomic E-state index is 0.0792. The predicted molar refractivity (Wildman–Crippen MR) is 78.6 cm³/mol. The van der Waals surface area contributed by atoms with Gasteiger partial charge in [0.2, 0.25) is 0 Å². The van der Waals surface area contributed by atoms with Crippen LogP contribution in [0.2, 0.25) is 0 Å². The normalized spacial score (nSPS) is 31.6. The smallest absolute Gasteiger partial charge is 0.282 e. The fourth-order valence-electron chi connectivity index (χ4n) is 3.18. The van der Waals surface area contributed by atoms with Crippen LogP contribution in [0.1, 0.15) is 32.6 Å². The number of rotatable bonds is 4. The Bertz CT molecular complexity index is 415. The monoisotopic (exact) mass is 305 g/mol. The van der Waals surface area contributed by atoms with Gasteiger partial charge >= 0.3 is 0 Å². The molecule has 0 aromatic carbocycles. The van der Waals surface area contributed by atoms with Crippen LogP contribution in [0.4, 0.5) is 0 Å². The third kappa shape index (κ3) is 3.17. The van der Waals surface area contributed by atoms with Crippen molar-refractivity contribution in [3.05, 3.63) is 0 Å². The average Bonchev–Trinajstić information content (AvgIpc) is 2.47. The number of hydrogen-bond acceptors (Lipinski definition) is 4. The molecule has 2 heterocycles. The Balaban J connectivity index is 2.13. The number of hydrogen-bond donors (Lipinski definition) is 1. The summed E-state index contributed by atoms with van der Waals surface area (Å²) >= 11 is 0. The molecule has 118 valence electrons. The molecule has 20 heavy (non-hydrogen) atoms. The lowest BCUT2D eigenvalue weighted by atomic mass is 10.1. The zero-order valence-electron chi connectivity index (χ0n) is 12.5. The lowest BCUT2D eigenvalue weighted by Gasteiger charge is -2.42. The molecule has 0 bridgehead atoms. The molecule has 2 saturated heterocycles. The molecule has 2 atom stereocenters. The van der Waals surface area contributed by atoms with E-state index in [0.717, 1.165) is 32.2 Å². The molecule has 2 rings (SSSR count). The van der Waals surface area contributed by atoms with Gasteiger partial charge in [-0.3, -0.25) is 0 Å². The average molecular weight is 305 g/mol. The van der Waals surface area contributed by atoms with Gasteiger partial charge < -0.3 is 10.0 Å². The second-order valence-corrected chi connectivity index (χ2v) is 7.73. The molecule has 2 unspecified atom stereocenters. The van der Waals surface area contributed by atoms with Gasteiger partial charge in [-0.2, -0.15) is 17.0 Å². The van der Waals surface area contributed by atoms with Crippen molar-refractivity contribution in [1.29, 1.82) is 0 Å². The summed E-state index contributed by atoms with van der Waals surface area (Å²) in [5.74, 6) is 0. The van der Waals surface area contributed by atoms with E-state index in [-0.39, 0.29) is 18.7 Å². The van der Waals surface area contributed by atoms with E-state index in [1.54, 1.807) is 4.31 Å². The second kappa shape index (κ2) is 6.70. The van der Waals surface area contributed by atoms with Crippen molar-refractivity contribution in [2.45, 2.75) is 44.7 Å². The lowest BCUT2D eigenvalue weighted by molar-refractivity contribution is 0.119. The molecule has 2 aliphatic heterocycles. The Labute approximate surface area is 122 Å². The van der Waals surface area contributed by atoms with Gasteiger partial charge in [0.15, 0.2) is 0 Å². The van der Waals surface area contributed by atoms with Crippen molar-refractivity contribution in [2.75, 3.05) is 39.8 Å². The first kappa shape index (κ1) is 16.2. The first-order valence-corrected chi connectivity index (χ1v) is 8.98. The van der Waals surface area contributed by atoms with Crippen molar-refractivity contribution in [2.24, 2.45) is 0 Å². The Hall–Kier alpha value is -0.210. The Morgan fingerprint density at radius 2 is 1.90 bits per heavy atom. The zero-order chi connectivity index (χ0) is 14.8. The highest BCUT2D eigenvalue weighted by Crippen LogP contribution is 2.24. The SMILES string of the molecule is CCC1CN(S(=O)(=O)N2CCCCC2CO)CCN1C. The fourth-order valence-corrected chi connectivity index (χ4v) is 5.05. The molecule has 0 radical (unpaired) electrons. The van der Waals surface area contributed by atoms with Crippen LogP contribution in [0.3, 0.4) is 0 Å². The van der Waals surface area contributed by atoms with E-state index in [0.29, 0.717) is 19.6 Å². The number of nitrogens with zero attached hydrogens (tertiary/aromatic N) is 3. The molecule has 0 aromatic heterocycles. The van der Waals surface area contributed by atoms with E-state index in [1.165, 1.54) is 4.31 Å². The molecule has 6 nitrogen and oxygen atoms in total. The highest BCUT2D eigenvalue weighted by atomic mass is 32.2.